The quantitative estimate of drug-likeness (QED) is 0.147. The van der Waals surface area contributed by atoms with Gasteiger partial charge in [0.2, 0.25) is 17.7 Å². The number of hydrogen-bond acceptors (Lipinski definition) is 6. The predicted molar refractivity (Wildman–Crippen MR) is 157 cm³/mol. The van der Waals surface area contributed by atoms with Gasteiger partial charge in [0, 0.05) is 37.3 Å². The number of primary amides is 1. The smallest absolute Gasteiger partial charge is 0.312 e. The van der Waals surface area contributed by atoms with Crippen LogP contribution in [0.15, 0.2) is 36.4 Å². The Bertz CT molecular complexity index is 1140. The first-order valence-electron chi connectivity index (χ1n) is 14.7. The van der Waals surface area contributed by atoms with E-state index in [1.807, 2.05) is 19.1 Å². The number of urea groups is 1. The van der Waals surface area contributed by atoms with Crippen molar-refractivity contribution in [3.8, 4) is 0 Å². The molecule has 12 nitrogen and oxygen atoms in total. The molecule has 42 heavy (non-hydrogen) atoms. The van der Waals surface area contributed by atoms with E-state index >= 15 is 0 Å². The maximum atomic E-state index is 13.5. The summed E-state index contributed by atoms with van der Waals surface area (Å²) >= 11 is 0. The number of aryl methyl sites for hydroxylation is 1. The van der Waals surface area contributed by atoms with E-state index < -0.39 is 29.9 Å². The van der Waals surface area contributed by atoms with Crippen LogP contribution in [0.4, 0.5) is 10.5 Å². The van der Waals surface area contributed by atoms with Crippen LogP contribution < -0.4 is 27.0 Å². The number of carbonyl (C=O) groups excluding carboxylic acids is 6. The Morgan fingerprint density at radius 2 is 1.57 bits per heavy atom. The van der Waals surface area contributed by atoms with Gasteiger partial charge < -0.3 is 27.0 Å². The maximum Gasteiger partial charge on any atom is 0.312 e. The highest BCUT2D eigenvalue weighted by molar-refractivity contribution is 6.12. The third-order valence-electron chi connectivity index (χ3n) is 7.58. The second-order valence-electron chi connectivity index (χ2n) is 10.9. The summed E-state index contributed by atoms with van der Waals surface area (Å²) in [5.41, 5.74) is 6.77. The molecule has 0 bridgehead atoms. The third-order valence-corrected chi connectivity index (χ3v) is 7.58. The van der Waals surface area contributed by atoms with E-state index in [1.54, 1.807) is 12.1 Å². The molecule has 2 aliphatic rings. The van der Waals surface area contributed by atoms with Gasteiger partial charge in [0.1, 0.15) is 12.1 Å². The second-order valence-corrected chi connectivity index (χ2v) is 10.9. The van der Waals surface area contributed by atoms with Gasteiger partial charge in [-0.15, -0.1) is 0 Å². The predicted octanol–water partition coefficient (Wildman–Crippen LogP) is 2.03. The molecule has 1 saturated carbocycles. The van der Waals surface area contributed by atoms with Crippen LogP contribution >= 0.6 is 0 Å². The molecule has 228 valence electrons. The zero-order chi connectivity index (χ0) is 30.5. The second kappa shape index (κ2) is 16.3. The van der Waals surface area contributed by atoms with Crippen molar-refractivity contribution in [2.75, 3.05) is 18.4 Å². The van der Waals surface area contributed by atoms with Crippen molar-refractivity contribution in [1.82, 2.24) is 20.9 Å². The SMILES string of the molecule is Cc1ccc(NC(=O)[C@@H](CCCNC(N)=O)NC(=O)[C@H](NC(=O)CCCCCN2C(=O)C=CC2=O)C2CCCC2)cc1. The minimum Gasteiger partial charge on any atom is -0.352 e. The number of unbranched alkanes of at least 4 members (excludes halogenated alkanes) is 2. The van der Waals surface area contributed by atoms with Crippen molar-refractivity contribution in [2.24, 2.45) is 11.7 Å². The number of carbonyl (C=O) groups is 6. The Morgan fingerprint density at radius 3 is 2.21 bits per heavy atom. The van der Waals surface area contributed by atoms with E-state index in [2.05, 4.69) is 21.3 Å². The first-order chi connectivity index (χ1) is 20.1. The Labute approximate surface area is 246 Å². The van der Waals surface area contributed by atoms with Gasteiger partial charge in [-0.2, -0.15) is 0 Å². The molecule has 2 atom stereocenters. The fraction of sp³-hybridized carbons (Fsp3) is 0.533. The van der Waals surface area contributed by atoms with Crippen LogP contribution in [-0.4, -0.2) is 65.6 Å². The summed E-state index contributed by atoms with van der Waals surface area (Å²) in [7, 11) is 0. The lowest BCUT2D eigenvalue weighted by Crippen LogP contribution is -2.55. The first-order valence-corrected chi connectivity index (χ1v) is 14.7. The number of rotatable bonds is 16. The molecule has 0 saturated heterocycles. The molecule has 1 aromatic rings. The molecule has 7 amide bonds. The molecular formula is C30H42N6O6. The van der Waals surface area contributed by atoms with Gasteiger partial charge in [-0.1, -0.05) is 37.0 Å². The van der Waals surface area contributed by atoms with Gasteiger partial charge in [-0.3, -0.25) is 28.9 Å². The molecule has 3 rings (SSSR count). The molecule has 0 spiro atoms. The van der Waals surface area contributed by atoms with Crippen LogP contribution in [0.3, 0.4) is 0 Å². The molecular weight excluding hydrogens is 540 g/mol. The van der Waals surface area contributed by atoms with Crippen LogP contribution in [0.25, 0.3) is 0 Å². The lowest BCUT2D eigenvalue weighted by molar-refractivity contribution is -0.137. The normalized spacial score (nSPS) is 16.3. The van der Waals surface area contributed by atoms with Crippen molar-refractivity contribution >= 4 is 41.3 Å². The Kier molecular flexibility index (Phi) is 12.5. The van der Waals surface area contributed by atoms with E-state index in [9.17, 15) is 28.8 Å². The van der Waals surface area contributed by atoms with Crippen molar-refractivity contribution in [2.45, 2.75) is 83.2 Å². The summed E-state index contributed by atoms with van der Waals surface area (Å²) in [4.78, 5) is 75.1. The summed E-state index contributed by atoms with van der Waals surface area (Å²) < 4.78 is 0. The minimum absolute atomic E-state index is 0.0361. The van der Waals surface area contributed by atoms with Gasteiger partial charge in [0.15, 0.2) is 0 Å². The lowest BCUT2D eigenvalue weighted by atomic mass is 9.96. The zero-order valence-electron chi connectivity index (χ0n) is 24.2. The maximum absolute atomic E-state index is 13.5. The molecule has 1 aromatic carbocycles. The minimum atomic E-state index is -0.889. The standard InChI is InChI=1S/C30H42N6O6/c1-20-12-14-22(15-13-20)33-28(40)23(10-7-18-32-30(31)42)34-29(41)27(21-8-4-5-9-21)35-24(37)11-3-2-6-19-36-25(38)16-17-26(36)39/h12-17,21,23,27H,2-11,18-19H2,1H3,(H,33,40)(H,34,41)(H,35,37)(H3,31,32,42)/t23-,27-/m1/s1. The van der Waals surface area contributed by atoms with Gasteiger partial charge >= 0.3 is 6.03 Å². The fourth-order valence-corrected chi connectivity index (χ4v) is 5.23. The average Bonchev–Trinajstić information content (AvgIpc) is 3.60. The molecule has 0 radical (unpaired) electrons. The van der Waals surface area contributed by atoms with Gasteiger partial charge in [-0.25, -0.2) is 4.79 Å². The Hall–Kier alpha value is -4.22. The monoisotopic (exact) mass is 582 g/mol. The van der Waals surface area contributed by atoms with Crippen LogP contribution in [0.5, 0.6) is 0 Å². The van der Waals surface area contributed by atoms with Crippen LogP contribution in [0.2, 0.25) is 0 Å². The number of imide groups is 1. The van der Waals surface area contributed by atoms with Gasteiger partial charge in [-0.05, 0) is 63.5 Å². The molecule has 0 aromatic heterocycles. The highest BCUT2D eigenvalue weighted by atomic mass is 16.2. The van der Waals surface area contributed by atoms with E-state index in [1.165, 1.54) is 17.1 Å². The number of benzene rings is 1. The molecule has 1 fully saturated rings. The average molecular weight is 583 g/mol. The van der Waals surface area contributed by atoms with Crippen molar-refractivity contribution in [3.05, 3.63) is 42.0 Å². The van der Waals surface area contributed by atoms with E-state index in [-0.39, 0.29) is 43.0 Å². The highest BCUT2D eigenvalue weighted by Gasteiger charge is 2.34. The zero-order valence-corrected chi connectivity index (χ0v) is 24.2. The van der Waals surface area contributed by atoms with Crippen molar-refractivity contribution in [1.29, 1.82) is 0 Å². The lowest BCUT2D eigenvalue weighted by Gasteiger charge is -2.27. The molecule has 1 aliphatic carbocycles. The number of anilines is 1. The van der Waals surface area contributed by atoms with E-state index in [0.717, 1.165) is 31.2 Å². The van der Waals surface area contributed by atoms with Crippen molar-refractivity contribution < 1.29 is 28.8 Å². The summed E-state index contributed by atoms with van der Waals surface area (Å²) in [6, 6.07) is 4.96. The number of amides is 7. The molecule has 1 heterocycles. The summed E-state index contributed by atoms with van der Waals surface area (Å²) in [6.45, 7) is 2.49. The largest absolute Gasteiger partial charge is 0.352 e. The summed E-state index contributed by atoms with van der Waals surface area (Å²) in [6.07, 6.45) is 8.65. The van der Waals surface area contributed by atoms with Gasteiger partial charge in [0.25, 0.3) is 11.8 Å². The van der Waals surface area contributed by atoms with E-state index in [4.69, 9.17) is 5.73 Å². The number of nitrogens with zero attached hydrogens (tertiary/aromatic N) is 1. The van der Waals surface area contributed by atoms with Crippen LogP contribution in [0, 0.1) is 12.8 Å². The summed E-state index contributed by atoms with van der Waals surface area (Å²) in [5, 5.41) is 11.1. The van der Waals surface area contributed by atoms with Crippen LogP contribution in [0.1, 0.15) is 69.8 Å². The van der Waals surface area contributed by atoms with E-state index in [0.29, 0.717) is 37.9 Å². The number of hydrogen-bond donors (Lipinski definition) is 5. The third kappa shape index (κ3) is 10.3. The molecule has 6 N–H and O–H groups in total. The fourth-order valence-electron chi connectivity index (χ4n) is 5.23. The number of nitrogens with two attached hydrogens (primary N) is 1. The van der Waals surface area contributed by atoms with Crippen LogP contribution in [-0.2, 0) is 24.0 Å². The highest BCUT2D eigenvalue weighted by Crippen LogP contribution is 2.28. The molecule has 0 unspecified atom stereocenters. The first kappa shape index (κ1) is 32.3. The Balaban J connectivity index is 1.56. The van der Waals surface area contributed by atoms with Crippen molar-refractivity contribution in [3.63, 3.8) is 0 Å². The molecule has 12 heteroatoms. The topological polar surface area (TPSA) is 180 Å². The molecule has 1 aliphatic heterocycles. The Morgan fingerprint density at radius 1 is 0.905 bits per heavy atom. The van der Waals surface area contributed by atoms with Gasteiger partial charge in [0.05, 0.1) is 0 Å². The number of nitrogens with one attached hydrogen (secondary N) is 4. The summed E-state index contributed by atoms with van der Waals surface area (Å²) in [5.74, 6) is -1.75.